The lowest BCUT2D eigenvalue weighted by molar-refractivity contribution is -0.116. The maximum absolute atomic E-state index is 13.8. The number of sulfonamides is 1. The number of nitrogens with one attached hydrogen (secondary N) is 1. The third-order valence-corrected chi connectivity index (χ3v) is 7.24. The highest BCUT2D eigenvalue weighted by Gasteiger charge is 2.29. The zero-order valence-corrected chi connectivity index (χ0v) is 19.2. The van der Waals surface area contributed by atoms with Crippen LogP contribution in [0.4, 0.5) is 10.1 Å². The topological polar surface area (TPSA) is 84.9 Å². The summed E-state index contributed by atoms with van der Waals surface area (Å²) >= 11 is 0. The number of piperidine rings is 1. The second-order valence-corrected chi connectivity index (χ2v) is 9.48. The van der Waals surface area contributed by atoms with E-state index in [1.165, 1.54) is 29.6 Å². The number of amides is 1. The number of carbonyl (C=O) groups excluding carboxylic acids is 1. The summed E-state index contributed by atoms with van der Waals surface area (Å²) in [5.41, 5.74) is 1.04. The van der Waals surface area contributed by atoms with Crippen molar-refractivity contribution in [1.82, 2.24) is 4.31 Å². The fourth-order valence-electron chi connectivity index (χ4n) is 3.65. The molecule has 1 N–H and O–H groups in total. The van der Waals surface area contributed by atoms with Gasteiger partial charge in [0.2, 0.25) is 15.9 Å². The van der Waals surface area contributed by atoms with E-state index >= 15 is 0 Å². The van der Waals surface area contributed by atoms with E-state index in [1.54, 1.807) is 25.1 Å². The molecule has 1 heterocycles. The minimum absolute atomic E-state index is 0.0521. The number of hydrogen-bond acceptors (Lipinski definition) is 5. The zero-order chi connectivity index (χ0) is 23.1. The van der Waals surface area contributed by atoms with Gasteiger partial charge in [0.15, 0.2) is 11.6 Å². The standard InChI is InChI=1S/C23H29FN2O5S/c1-3-31-21-11-9-18(16-22(21)32(28,29)26-13-5-4-6-14-26)25-23(27)12-8-17-7-10-20(30-2)19(24)15-17/h7,9-11,15-16H,3-6,8,12-14H2,1-2H3,(H,25,27). The molecule has 2 aromatic carbocycles. The van der Waals surface area contributed by atoms with Crippen molar-refractivity contribution in [2.45, 2.75) is 43.9 Å². The Morgan fingerprint density at radius 3 is 2.47 bits per heavy atom. The molecule has 9 heteroatoms. The first-order valence-corrected chi connectivity index (χ1v) is 12.2. The molecule has 0 saturated carbocycles. The number of halogens is 1. The Morgan fingerprint density at radius 2 is 1.81 bits per heavy atom. The van der Waals surface area contributed by atoms with Gasteiger partial charge in [-0.15, -0.1) is 0 Å². The highest BCUT2D eigenvalue weighted by molar-refractivity contribution is 7.89. The van der Waals surface area contributed by atoms with Crippen LogP contribution in [0.2, 0.25) is 0 Å². The molecule has 32 heavy (non-hydrogen) atoms. The molecule has 7 nitrogen and oxygen atoms in total. The molecule has 0 aromatic heterocycles. The number of methoxy groups -OCH3 is 1. The van der Waals surface area contributed by atoms with Crippen molar-refractivity contribution in [3.63, 3.8) is 0 Å². The van der Waals surface area contributed by atoms with Crippen LogP contribution in [-0.2, 0) is 21.2 Å². The summed E-state index contributed by atoms with van der Waals surface area (Å²) in [6.07, 6.45) is 3.12. The van der Waals surface area contributed by atoms with Crippen LogP contribution in [0.3, 0.4) is 0 Å². The fourth-order valence-corrected chi connectivity index (χ4v) is 5.33. The summed E-state index contributed by atoms with van der Waals surface area (Å²) in [5, 5.41) is 2.74. The third-order valence-electron chi connectivity index (χ3n) is 5.32. The van der Waals surface area contributed by atoms with Crippen molar-refractivity contribution in [1.29, 1.82) is 0 Å². The van der Waals surface area contributed by atoms with Gasteiger partial charge in [-0.3, -0.25) is 4.79 Å². The Bertz CT molecular complexity index is 1050. The normalized spacial score (nSPS) is 14.7. The number of rotatable bonds is 9. The van der Waals surface area contributed by atoms with Crippen LogP contribution in [0.1, 0.15) is 38.2 Å². The predicted octanol–water partition coefficient (Wildman–Crippen LogP) is 3.98. The zero-order valence-electron chi connectivity index (χ0n) is 18.4. The van der Waals surface area contributed by atoms with Crippen LogP contribution in [0.5, 0.6) is 11.5 Å². The number of carbonyl (C=O) groups is 1. The minimum atomic E-state index is -3.74. The Morgan fingerprint density at radius 1 is 1.09 bits per heavy atom. The molecule has 0 bridgehead atoms. The quantitative estimate of drug-likeness (QED) is 0.607. The van der Waals surface area contributed by atoms with Crippen molar-refractivity contribution in [3.8, 4) is 11.5 Å². The highest BCUT2D eigenvalue weighted by Crippen LogP contribution is 2.31. The van der Waals surface area contributed by atoms with E-state index < -0.39 is 15.8 Å². The van der Waals surface area contributed by atoms with Crippen LogP contribution in [0.25, 0.3) is 0 Å². The Labute approximate surface area is 188 Å². The second-order valence-electron chi connectivity index (χ2n) is 7.58. The molecule has 0 radical (unpaired) electrons. The van der Waals surface area contributed by atoms with Crippen LogP contribution in [0.15, 0.2) is 41.3 Å². The molecule has 1 fully saturated rings. The summed E-state index contributed by atoms with van der Waals surface area (Å²) in [7, 11) is -2.35. The Balaban J connectivity index is 1.73. The maximum Gasteiger partial charge on any atom is 0.246 e. The van der Waals surface area contributed by atoms with Crippen molar-refractivity contribution in [3.05, 3.63) is 47.8 Å². The van der Waals surface area contributed by atoms with E-state index in [4.69, 9.17) is 9.47 Å². The molecule has 1 amide bonds. The molecule has 174 valence electrons. The molecular formula is C23H29FN2O5S. The first-order valence-electron chi connectivity index (χ1n) is 10.7. The summed E-state index contributed by atoms with van der Waals surface area (Å²) in [5.74, 6) is -0.365. The summed E-state index contributed by atoms with van der Waals surface area (Å²) in [6.45, 7) is 3.06. The average Bonchev–Trinajstić information content (AvgIpc) is 2.79. The number of anilines is 1. The number of nitrogens with zero attached hydrogens (tertiary/aromatic N) is 1. The van der Waals surface area contributed by atoms with E-state index in [2.05, 4.69) is 5.32 Å². The summed E-state index contributed by atoms with van der Waals surface area (Å²) in [6, 6.07) is 9.19. The number of aryl methyl sites for hydroxylation is 1. The highest BCUT2D eigenvalue weighted by atomic mass is 32.2. The molecule has 1 aliphatic heterocycles. The number of benzene rings is 2. The summed E-state index contributed by atoms with van der Waals surface area (Å²) < 4.78 is 52.2. The lowest BCUT2D eigenvalue weighted by atomic mass is 10.1. The van der Waals surface area contributed by atoms with E-state index in [1.807, 2.05) is 0 Å². The molecular weight excluding hydrogens is 435 g/mol. The molecule has 0 atom stereocenters. The van der Waals surface area contributed by atoms with Crippen LogP contribution in [-0.4, -0.2) is 45.4 Å². The van der Waals surface area contributed by atoms with Crippen LogP contribution in [0, 0.1) is 5.82 Å². The van der Waals surface area contributed by atoms with Gasteiger partial charge < -0.3 is 14.8 Å². The SMILES string of the molecule is CCOc1ccc(NC(=O)CCc2ccc(OC)c(F)c2)cc1S(=O)(=O)N1CCCCC1. The monoisotopic (exact) mass is 464 g/mol. The molecule has 1 aliphatic rings. The molecule has 1 saturated heterocycles. The van der Waals surface area contributed by atoms with Crippen molar-refractivity contribution in [2.24, 2.45) is 0 Å². The van der Waals surface area contributed by atoms with Gasteiger partial charge in [-0.1, -0.05) is 12.5 Å². The van der Waals surface area contributed by atoms with Gasteiger partial charge in [0.05, 0.1) is 13.7 Å². The Kier molecular flexibility index (Phi) is 8.09. The number of hydrogen-bond donors (Lipinski definition) is 1. The van der Waals surface area contributed by atoms with E-state index in [0.29, 0.717) is 37.4 Å². The van der Waals surface area contributed by atoms with Gasteiger partial charge in [0.1, 0.15) is 10.6 Å². The van der Waals surface area contributed by atoms with Gasteiger partial charge in [-0.2, -0.15) is 4.31 Å². The molecule has 0 aliphatic carbocycles. The van der Waals surface area contributed by atoms with Crippen molar-refractivity contribution < 1.29 is 27.1 Å². The second kappa shape index (κ2) is 10.8. The molecule has 2 aromatic rings. The van der Waals surface area contributed by atoms with Gasteiger partial charge >= 0.3 is 0 Å². The molecule has 3 rings (SSSR count). The minimum Gasteiger partial charge on any atom is -0.494 e. The van der Waals surface area contributed by atoms with Gasteiger partial charge in [-0.05, 0) is 62.1 Å². The fraction of sp³-hybridized carbons (Fsp3) is 0.435. The Hall–Kier alpha value is -2.65. The predicted molar refractivity (Wildman–Crippen MR) is 120 cm³/mol. The van der Waals surface area contributed by atoms with Crippen LogP contribution >= 0.6 is 0 Å². The maximum atomic E-state index is 13.8. The first kappa shape index (κ1) is 24.0. The van der Waals surface area contributed by atoms with E-state index in [9.17, 15) is 17.6 Å². The third kappa shape index (κ3) is 5.77. The molecule has 0 unspecified atom stereocenters. The van der Waals surface area contributed by atoms with Gasteiger partial charge in [0.25, 0.3) is 0 Å². The van der Waals surface area contributed by atoms with Gasteiger partial charge in [0, 0.05) is 25.2 Å². The van der Waals surface area contributed by atoms with Crippen molar-refractivity contribution in [2.75, 3.05) is 32.1 Å². The first-order chi connectivity index (χ1) is 15.3. The van der Waals surface area contributed by atoms with E-state index in [-0.39, 0.29) is 28.7 Å². The molecule has 0 spiro atoms. The summed E-state index contributed by atoms with van der Waals surface area (Å²) in [4.78, 5) is 12.5. The van der Waals surface area contributed by atoms with Gasteiger partial charge in [-0.25, -0.2) is 12.8 Å². The average molecular weight is 465 g/mol. The largest absolute Gasteiger partial charge is 0.494 e. The van der Waals surface area contributed by atoms with Crippen molar-refractivity contribution >= 4 is 21.6 Å². The smallest absolute Gasteiger partial charge is 0.246 e. The van der Waals surface area contributed by atoms with E-state index in [0.717, 1.165) is 19.3 Å². The van der Waals surface area contributed by atoms with Crippen LogP contribution < -0.4 is 14.8 Å². The lowest BCUT2D eigenvalue weighted by Gasteiger charge is -2.27. The lowest BCUT2D eigenvalue weighted by Crippen LogP contribution is -2.35. The number of ether oxygens (including phenoxy) is 2.